The van der Waals surface area contributed by atoms with Gasteiger partial charge in [-0.3, -0.25) is 0 Å². The summed E-state index contributed by atoms with van der Waals surface area (Å²) < 4.78 is 4.00. The molecule has 12 rings (SSSR count). The second kappa shape index (κ2) is 20.0. The highest BCUT2D eigenvalue weighted by Crippen LogP contribution is 2.45. The highest BCUT2D eigenvalue weighted by atomic mass is 15.0. The normalized spacial score (nSPS) is 10.6. The predicted molar refractivity (Wildman–Crippen MR) is 309 cm³/mol. The summed E-state index contributed by atoms with van der Waals surface area (Å²) in [5, 5.41) is 106. The lowest BCUT2D eigenvalue weighted by molar-refractivity contribution is 1.12. The molecule has 0 N–H and O–H groups in total. The molecule has 0 spiro atoms. The number of nitriles is 10. The third kappa shape index (κ3) is 8.35. The average Bonchev–Trinajstić information content (AvgIpc) is 2.06. The van der Waals surface area contributed by atoms with Crippen molar-refractivity contribution in [2.45, 2.75) is 0 Å². The van der Waals surface area contributed by atoms with Crippen molar-refractivity contribution in [2.24, 2.45) is 0 Å². The van der Waals surface area contributed by atoms with Crippen LogP contribution in [0.5, 0.6) is 0 Å². The predicted octanol–water partition coefficient (Wildman–Crippen LogP) is 14.9. The van der Waals surface area contributed by atoms with Crippen LogP contribution in [0.25, 0.3) is 111 Å². The number of hydrogen-bond donors (Lipinski definition) is 0. The first-order valence-corrected chi connectivity index (χ1v) is 25.2. The van der Waals surface area contributed by atoms with Crippen molar-refractivity contribution in [2.75, 3.05) is 0 Å². The summed E-state index contributed by atoms with van der Waals surface area (Å²) in [5.41, 5.74) is 12.6. The third-order valence-corrected chi connectivity index (χ3v) is 14.7. The van der Waals surface area contributed by atoms with Crippen molar-refractivity contribution < 1.29 is 0 Å². The summed E-state index contributed by atoms with van der Waals surface area (Å²) in [7, 11) is 0. The van der Waals surface area contributed by atoms with Crippen LogP contribution in [0.4, 0.5) is 0 Å². The van der Waals surface area contributed by atoms with E-state index in [0.717, 1.165) is 21.5 Å². The van der Waals surface area contributed by atoms with E-state index in [9.17, 15) is 52.6 Å². The van der Waals surface area contributed by atoms with Crippen LogP contribution in [0.3, 0.4) is 0 Å². The molecule has 0 unspecified atom stereocenters. The first-order chi connectivity index (χ1) is 40.1. The van der Waals surface area contributed by atoms with E-state index in [1.54, 1.807) is 66.7 Å². The fourth-order valence-electron chi connectivity index (χ4n) is 11.0. The van der Waals surface area contributed by atoms with Gasteiger partial charge in [0, 0.05) is 27.1 Å². The Morgan fingerprint density at radius 1 is 0.232 bits per heavy atom. The van der Waals surface area contributed by atoms with Gasteiger partial charge in [0.15, 0.2) is 0 Å². The van der Waals surface area contributed by atoms with E-state index in [-0.39, 0.29) is 5.56 Å². The van der Waals surface area contributed by atoms with E-state index in [0.29, 0.717) is 139 Å². The first kappa shape index (κ1) is 49.6. The summed E-state index contributed by atoms with van der Waals surface area (Å²) in [4.78, 5) is 0. The molecule has 370 valence electrons. The van der Waals surface area contributed by atoms with Crippen LogP contribution in [-0.2, 0) is 0 Å². The van der Waals surface area contributed by atoms with Crippen molar-refractivity contribution in [3.63, 3.8) is 0 Å². The Kier molecular flexibility index (Phi) is 12.1. The van der Waals surface area contributed by atoms with Gasteiger partial charge in [-0.05, 0) is 165 Å². The average molecular weight is 1040 g/mol. The number of fused-ring (bicyclic) bond motifs is 6. The molecule has 12 heteroatoms. The maximum absolute atomic E-state index is 12.2. The molecule has 0 aliphatic rings. The van der Waals surface area contributed by atoms with E-state index in [4.69, 9.17) is 0 Å². The Hall–Kier alpha value is -13.3. The van der Waals surface area contributed by atoms with E-state index in [2.05, 4.69) is 60.7 Å². The lowest BCUT2D eigenvalue weighted by Gasteiger charge is -2.21. The van der Waals surface area contributed by atoms with Gasteiger partial charge in [0.25, 0.3) is 0 Å². The second-order valence-electron chi connectivity index (χ2n) is 19.3. The molecule has 0 aliphatic heterocycles. The standard InChI is InChI=1S/C70H30N12/c71-31-41-2-1-3-54(18-41)59-12-13-65(81-66-27-50(55-19-42(32-72)14-43(20-55)33-73)4-8-60(66)61-9-5-51(28-67(61)81)56-21-44(34-74)15-45(22-56)35-75)64(40-80)70(59)82-68-29-52(57-23-46(36-76)16-47(24-57)37-77)6-10-62(68)63-11-7-53(30-69(63)82)58-25-48(38-78)17-49(26-58)39-79/h1-30H. The largest absolute Gasteiger partial charge is 0.308 e. The lowest BCUT2D eigenvalue weighted by Crippen LogP contribution is -2.06. The SMILES string of the molecule is N#Cc1cc(C#N)cc(-c2ccc3c4ccc(-c5cc(C#N)cc(C#N)c5)cc4n(-c4ccc(-c5cccc(C#N)c5)c(-n5c6cc(-c7cc(C#N)cc(C#N)c7)ccc6c6ccc(-c7cc(C#N)cc(C#N)c7)cc65)c4C#N)c3c2)c1. The Balaban J connectivity index is 1.25. The molecule has 2 heterocycles. The van der Waals surface area contributed by atoms with Gasteiger partial charge in [-0.15, -0.1) is 0 Å². The Morgan fingerprint density at radius 3 is 0.841 bits per heavy atom. The highest BCUT2D eigenvalue weighted by molar-refractivity contribution is 6.14. The maximum Gasteiger partial charge on any atom is 0.104 e. The topological polar surface area (TPSA) is 248 Å². The van der Waals surface area contributed by atoms with Crippen molar-refractivity contribution >= 4 is 43.6 Å². The number of rotatable bonds is 7. The van der Waals surface area contributed by atoms with Crippen LogP contribution in [0.1, 0.15) is 55.6 Å². The first-order valence-electron chi connectivity index (χ1n) is 25.2. The Morgan fingerprint density at radius 2 is 0.537 bits per heavy atom. The molecule has 0 radical (unpaired) electrons. The Labute approximate surface area is 468 Å². The van der Waals surface area contributed by atoms with E-state index >= 15 is 0 Å². The molecular weight excluding hydrogens is 1010 g/mol. The molecule has 0 fully saturated rings. The maximum atomic E-state index is 12.2. The van der Waals surface area contributed by atoms with Gasteiger partial charge in [0.1, 0.15) is 11.6 Å². The second-order valence-corrected chi connectivity index (χ2v) is 19.3. The van der Waals surface area contributed by atoms with Crippen molar-refractivity contribution in [3.05, 3.63) is 238 Å². The van der Waals surface area contributed by atoms with E-state index in [1.165, 1.54) is 24.3 Å². The number of aromatic nitrogens is 2. The molecule has 82 heavy (non-hydrogen) atoms. The van der Waals surface area contributed by atoms with Gasteiger partial charge in [0.05, 0.1) is 138 Å². The molecule has 12 nitrogen and oxygen atoms in total. The van der Waals surface area contributed by atoms with Crippen LogP contribution in [0, 0.1) is 113 Å². The molecule has 12 aromatic rings. The van der Waals surface area contributed by atoms with Gasteiger partial charge in [-0.2, -0.15) is 52.6 Å². The molecule has 2 aromatic heterocycles. The van der Waals surface area contributed by atoms with Gasteiger partial charge in [0.2, 0.25) is 0 Å². The quantitative estimate of drug-likeness (QED) is 0.146. The summed E-state index contributed by atoms with van der Waals surface area (Å²) in [6.45, 7) is 0. The monoisotopic (exact) mass is 1040 g/mol. The summed E-state index contributed by atoms with van der Waals surface area (Å²) in [5.74, 6) is 0. The van der Waals surface area contributed by atoms with Crippen LogP contribution in [-0.4, -0.2) is 9.13 Å². The van der Waals surface area contributed by atoms with E-state index < -0.39 is 0 Å². The molecule has 0 saturated heterocycles. The molecule has 0 saturated carbocycles. The zero-order valence-corrected chi connectivity index (χ0v) is 42.7. The fourth-order valence-corrected chi connectivity index (χ4v) is 11.0. The minimum atomic E-state index is 0.192. The summed E-state index contributed by atoms with van der Waals surface area (Å²) in [6, 6.07) is 76.3. The molecule has 0 aliphatic carbocycles. The molecule has 0 amide bonds. The smallest absolute Gasteiger partial charge is 0.104 e. The molecular formula is C70H30N12. The number of benzene rings is 10. The lowest BCUT2D eigenvalue weighted by atomic mass is 9.96. The highest BCUT2D eigenvalue weighted by Gasteiger charge is 2.26. The van der Waals surface area contributed by atoms with Gasteiger partial charge < -0.3 is 9.13 Å². The minimum absolute atomic E-state index is 0.192. The molecule has 0 atom stereocenters. The van der Waals surface area contributed by atoms with Crippen LogP contribution >= 0.6 is 0 Å². The van der Waals surface area contributed by atoms with Crippen molar-refractivity contribution in [3.8, 4) is 128 Å². The van der Waals surface area contributed by atoms with Crippen LogP contribution < -0.4 is 0 Å². The third-order valence-electron chi connectivity index (χ3n) is 14.7. The zero-order chi connectivity index (χ0) is 56.8. The zero-order valence-electron chi connectivity index (χ0n) is 42.7. The van der Waals surface area contributed by atoms with Gasteiger partial charge >= 0.3 is 0 Å². The minimum Gasteiger partial charge on any atom is -0.308 e. The van der Waals surface area contributed by atoms with Crippen LogP contribution in [0.15, 0.2) is 182 Å². The fraction of sp³-hybridized carbons (Fsp3) is 0. The molecule has 10 aromatic carbocycles. The number of nitrogens with zero attached hydrogens (tertiary/aromatic N) is 12. The van der Waals surface area contributed by atoms with Gasteiger partial charge in [-0.25, -0.2) is 0 Å². The van der Waals surface area contributed by atoms with Crippen molar-refractivity contribution in [1.29, 1.82) is 52.6 Å². The van der Waals surface area contributed by atoms with Crippen LogP contribution in [0.2, 0.25) is 0 Å². The Bertz CT molecular complexity index is 4910. The van der Waals surface area contributed by atoms with E-state index in [1.807, 2.05) is 100 Å². The van der Waals surface area contributed by atoms with Crippen molar-refractivity contribution in [1.82, 2.24) is 9.13 Å². The summed E-state index contributed by atoms with van der Waals surface area (Å²) in [6.07, 6.45) is 0. The van der Waals surface area contributed by atoms with Gasteiger partial charge in [-0.1, -0.05) is 66.7 Å². The molecule has 0 bridgehead atoms. The summed E-state index contributed by atoms with van der Waals surface area (Å²) >= 11 is 0. The number of hydrogen-bond acceptors (Lipinski definition) is 10.